The molecule has 0 unspecified atom stereocenters. The number of benzene rings is 1. The van der Waals surface area contributed by atoms with E-state index in [-0.39, 0.29) is 0 Å². The lowest BCUT2D eigenvalue weighted by Crippen LogP contribution is -1.89. The van der Waals surface area contributed by atoms with E-state index in [2.05, 4.69) is 0 Å². The monoisotopic (exact) mass is 206 g/mol. The third-order valence-electron chi connectivity index (χ3n) is 2.83. The van der Waals surface area contributed by atoms with Gasteiger partial charge in [-0.05, 0) is 41.7 Å². The van der Waals surface area contributed by atoms with Crippen LogP contribution < -0.4 is 0 Å². The van der Waals surface area contributed by atoms with E-state index in [0.717, 1.165) is 39.1 Å². The molecule has 0 atom stereocenters. The summed E-state index contributed by atoms with van der Waals surface area (Å²) < 4.78 is 0. The molecule has 1 aliphatic rings. The number of carbonyl (C=O) groups is 1. The molecule has 0 saturated heterocycles. The normalized spacial score (nSPS) is 14.5. The zero-order valence-corrected chi connectivity index (χ0v) is 8.98. The molecule has 0 N–H and O–H groups in total. The number of fused-ring (bicyclic) bond motifs is 1. The Bertz CT molecular complexity index is 444. The van der Waals surface area contributed by atoms with Gasteiger partial charge in [-0.3, -0.25) is 4.79 Å². The summed E-state index contributed by atoms with van der Waals surface area (Å²) in [6, 6.07) is 4.04. The molecular weight excluding hydrogens is 196 g/mol. The van der Waals surface area contributed by atoms with E-state index in [1.807, 2.05) is 26.0 Å². The molecule has 2 rings (SSSR count). The molecule has 0 saturated carbocycles. The number of hydrogen-bond acceptors (Lipinski definition) is 1. The third kappa shape index (κ3) is 1.20. The fourth-order valence-corrected chi connectivity index (χ4v) is 2.12. The fraction of sp³-hybridized carbons (Fsp3) is 0.250. The zero-order chi connectivity index (χ0) is 10.3. The summed E-state index contributed by atoms with van der Waals surface area (Å²) in [5.41, 5.74) is 5.23. The van der Waals surface area contributed by atoms with E-state index in [1.54, 1.807) is 0 Å². The van der Waals surface area contributed by atoms with E-state index in [4.69, 9.17) is 11.6 Å². The molecule has 2 heteroatoms. The molecule has 0 radical (unpaired) electrons. The minimum absolute atomic E-state index is 0.686. The Hall–Kier alpha value is -1.08. The van der Waals surface area contributed by atoms with Crippen molar-refractivity contribution in [3.63, 3.8) is 0 Å². The first-order valence-corrected chi connectivity index (χ1v) is 4.96. The predicted molar refractivity (Wildman–Crippen MR) is 58.6 cm³/mol. The summed E-state index contributed by atoms with van der Waals surface area (Å²) in [6.07, 6.45) is 1.62. The van der Waals surface area contributed by atoms with Gasteiger partial charge in [-0.15, -0.1) is 0 Å². The number of hydrogen-bond donors (Lipinski definition) is 0. The SMILES string of the molecule is CC1=C(C=O)Cc2c1ccc(C)c2Cl. The predicted octanol–water partition coefficient (Wildman–Crippen LogP) is 3.18. The Morgan fingerprint density at radius 2 is 2.07 bits per heavy atom. The number of carbonyl (C=O) groups excluding carboxylic acids is 1. The van der Waals surface area contributed by atoms with Crippen molar-refractivity contribution in [3.8, 4) is 0 Å². The highest BCUT2D eigenvalue weighted by atomic mass is 35.5. The smallest absolute Gasteiger partial charge is 0.146 e. The van der Waals surface area contributed by atoms with Crippen LogP contribution in [0, 0.1) is 6.92 Å². The summed E-state index contributed by atoms with van der Waals surface area (Å²) in [6.45, 7) is 3.96. The largest absolute Gasteiger partial charge is 0.298 e. The van der Waals surface area contributed by atoms with Crippen molar-refractivity contribution in [3.05, 3.63) is 39.4 Å². The minimum atomic E-state index is 0.686. The van der Waals surface area contributed by atoms with Crippen LogP contribution in [-0.4, -0.2) is 6.29 Å². The van der Waals surface area contributed by atoms with Gasteiger partial charge in [0.1, 0.15) is 6.29 Å². The molecular formula is C12H11ClO. The van der Waals surface area contributed by atoms with Gasteiger partial charge in [0.05, 0.1) is 0 Å². The molecule has 1 aliphatic carbocycles. The first kappa shape index (κ1) is 9.47. The van der Waals surface area contributed by atoms with E-state index < -0.39 is 0 Å². The summed E-state index contributed by atoms with van der Waals surface area (Å²) in [4.78, 5) is 10.8. The Morgan fingerprint density at radius 1 is 1.36 bits per heavy atom. The second-order valence-corrected chi connectivity index (χ2v) is 4.05. The highest BCUT2D eigenvalue weighted by Crippen LogP contribution is 2.37. The van der Waals surface area contributed by atoms with Crippen molar-refractivity contribution in [2.45, 2.75) is 20.3 Å². The average molecular weight is 207 g/mol. The van der Waals surface area contributed by atoms with Crippen LogP contribution in [0.3, 0.4) is 0 Å². The molecule has 14 heavy (non-hydrogen) atoms. The topological polar surface area (TPSA) is 17.1 Å². The maximum atomic E-state index is 10.8. The van der Waals surface area contributed by atoms with Gasteiger partial charge in [0.15, 0.2) is 0 Å². The number of halogens is 1. The number of rotatable bonds is 1. The Balaban J connectivity index is 2.63. The number of aryl methyl sites for hydroxylation is 1. The standard InChI is InChI=1S/C12H11ClO/c1-7-3-4-10-8(2)9(6-14)5-11(10)12(7)13/h3-4,6H,5H2,1-2H3. The van der Waals surface area contributed by atoms with E-state index in [9.17, 15) is 4.79 Å². The van der Waals surface area contributed by atoms with Crippen molar-refractivity contribution in [1.82, 2.24) is 0 Å². The van der Waals surface area contributed by atoms with Crippen molar-refractivity contribution in [1.29, 1.82) is 0 Å². The van der Waals surface area contributed by atoms with Crippen LogP contribution in [0.1, 0.15) is 23.6 Å². The van der Waals surface area contributed by atoms with Crippen LogP contribution in [-0.2, 0) is 11.2 Å². The highest BCUT2D eigenvalue weighted by Gasteiger charge is 2.20. The molecule has 0 fully saturated rings. The summed E-state index contributed by atoms with van der Waals surface area (Å²) in [5.74, 6) is 0. The highest BCUT2D eigenvalue weighted by molar-refractivity contribution is 6.32. The molecule has 0 heterocycles. The van der Waals surface area contributed by atoms with Gasteiger partial charge >= 0.3 is 0 Å². The van der Waals surface area contributed by atoms with Gasteiger partial charge < -0.3 is 0 Å². The third-order valence-corrected chi connectivity index (χ3v) is 3.36. The first-order chi connectivity index (χ1) is 6.65. The number of aldehydes is 1. The van der Waals surface area contributed by atoms with Crippen molar-refractivity contribution in [2.75, 3.05) is 0 Å². The molecule has 1 nitrogen and oxygen atoms in total. The van der Waals surface area contributed by atoms with Gasteiger partial charge in [-0.25, -0.2) is 0 Å². The summed E-state index contributed by atoms with van der Waals surface area (Å²) >= 11 is 6.18. The summed E-state index contributed by atoms with van der Waals surface area (Å²) in [7, 11) is 0. The number of allylic oxidation sites excluding steroid dienone is 2. The van der Waals surface area contributed by atoms with Crippen LogP contribution in [0.2, 0.25) is 5.02 Å². The van der Waals surface area contributed by atoms with Crippen molar-refractivity contribution >= 4 is 23.5 Å². The van der Waals surface area contributed by atoms with E-state index >= 15 is 0 Å². The average Bonchev–Trinajstić information content (AvgIpc) is 2.50. The van der Waals surface area contributed by atoms with Gasteiger partial charge in [0.2, 0.25) is 0 Å². The van der Waals surface area contributed by atoms with Crippen LogP contribution >= 0.6 is 11.6 Å². The maximum absolute atomic E-state index is 10.8. The first-order valence-electron chi connectivity index (χ1n) is 4.58. The fourth-order valence-electron chi connectivity index (χ4n) is 1.89. The minimum Gasteiger partial charge on any atom is -0.298 e. The van der Waals surface area contributed by atoms with Crippen LogP contribution in [0.15, 0.2) is 17.7 Å². The van der Waals surface area contributed by atoms with Crippen LogP contribution in [0.5, 0.6) is 0 Å². The molecule has 1 aromatic rings. The lowest BCUT2D eigenvalue weighted by Gasteiger charge is -2.05. The Labute approximate surface area is 88.4 Å². The quantitative estimate of drug-likeness (QED) is 0.645. The second kappa shape index (κ2) is 3.25. The van der Waals surface area contributed by atoms with Crippen molar-refractivity contribution < 1.29 is 4.79 Å². The lowest BCUT2D eigenvalue weighted by atomic mass is 10.0. The van der Waals surface area contributed by atoms with E-state index in [0.29, 0.717) is 6.42 Å². The molecule has 0 aliphatic heterocycles. The van der Waals surface area contributed by atoms with Crippen molar-refractivity contribution in [2.24, 2.45) is 0 Å². The Kier molecular flexibility index (Phi) is 2.20. The molecule has 1 aromatic carbocycles. The Morgan fingerprint density at radius 3 is 2.71 bits per heavy atom. The zero-order valence-electron chi connectivity index (χ0n) is 8.23. The molecule has 0 spiro atoms. The second-order valence-electron chi connectivity index (χ2n) is 3.67. The maximum Gasteiger partial charge on any atom is 0.146 e. The lowest BCUT2D eigenvalue weighted by molar-refractivity contribution is -0.104. The van der Waals surface area contributed by atoms with Gasteiger partial charge in [-0.1, -0.05) is 23.7 Å². The van der Waals surface area contributed by atoms with Crippen LogP contribution in [0.25, 0.3) is 5.57 Å². The molecule has 0 aromatic heterocycles. The van der Waals surface area contributed by atoms with Gasteiger partial charge in [0.25, 0.3) is 0 Å². The molecule has 72 valence electrons. The van der Waals surface area contributed by atoms with Gasteiger partial charge in [0, 0.05) is 11.4 Å². The van der Waals surface area contributed by atoms with E-state index in [1.165, 1.54) is 0 Å². The summed E-state index contributed by atoms with van der Waals surface area (Å²) in [5, 5.41) is 0.804. The van der Waals surface area contributed by atoms with Gasteiger partial charge in [-0.2, -0.15) is 0 Å². The molecule has 0 bridgehead atoms. The van der Waals surface area contributed by atoms with Crippen LogP contribution in [0.4, 0.5) is 0 Å². The molecule has 0 amide bonds.